The third kappa shape index (κ3) is 24.8. The Morgan fingerprint density at radius 3 is 0.838 bits per heavy atom. The molecule has 0 radical (unpaired) electrons. The number of esters is 1. The Balaban J connectivity index is 0. The fourth-order valence-corrected chi connectivity index (χ4v) is 1.96. The minimum absolute atomic E-state index is 0. The van der Waals surface area contributed by atoms with E-state index in [1.165, 1.54) is 62.6 Å². The van der Waals surface area contributed by atoms with Crippen LogP contribution in [0, 0.1) is 0 Å². The Kier molecular flexibility index (Phi) is 22.4. The zero-order valence-electron chi connectivity index (χ0n) is 20.6. The van der Waals surface area contributed by atoms with Gasteiger partial charge in [-0.3, -0.25) is 9.59 Å². The molecular weight excluding hydrogens is 508 g/mol. The number of para-hydroxylation sites is 4. The Morgan fingerprint density at radius 1 is 0.541 bits per heavy atom. The van der Waals surface area contributed by atoms with Crippen molar-refractivity contribution in [3.05, 3.63) is 121 Å². The van der Waals surface area contributed by atoms with Crippen LogP contribution in [0.5, 0.6) is 23.0 Å². The topological polar surface area (TPSA) is 136 Å². The first kappa shape index (κ1) is 35.1. The zero-order valence-corrected chi connectivity index (χ0v) is 22.2. The Hall–Kier alpha value is -4.07. The van der Waals surface area contributed by atoms with Crippen molar-refractivity contribution >= 4 is 11.8 Å². The van der Waals surface area contributed by atoms with Gasteiger partial charge in [0, 0.05) is 0 Å². The molecule has 0 unspecified atom stereocenters. The van der Waals surface area contributed by atoms with Crippen molar-refractivity contribution in [3.8, 4) is 23.0 Å². The quantitative estimate of drug-likeness (QED) is 0.218. The van der Waals surface area contributed by atoms with Gasteiger partial charge in [0.1, 0.15) is 12.2 Å². The van der Waals surface area contributed by atoms with Crippen molar-refractivity contribution < 1.29 is 56.5 Å². The van der Waals surface area contributed by atoms with Gasteiger partial charge in [-0.25, -0.2) is 0 Å². The molecule has 0 aliphatic carbocycles. The van der Waals surface area contributed by atoms with Crippen LogP contribution in [0.1, 0.15) is 13.3 Å². The standard InChI is InChI=1S/4C6H6O.C5H8O3.Ti/c4*7-6-4-2-1-3-5-6;1-4(6)3-5(7)8-2;/h4*1-5,7H;3H2,1-2H3;/q;;;;;+4/p-4. The maximum Gasteiger partial charge on any atom is 4.00 e. The monoisotopic (exact) mass is 536 g/mol. The number of Topliss-reactive ketones (excluding diaryl/α,β-unsaturated/α-hetero) is 1. The molecule has 0 N–H and O–H groups in total. The summed E-state index contributed by atoms with van der Waals surface area (Å²) in [6.45, 7) is 1.34. The van der Waals surface area contributed by atoms with Gasteiger partial charge in [0.15, 0.2) is 0 Å². The molecule has 190 valence electrons. The van der Waals surface area contributed by atoms with E-state index in [4.69, 9.17) is 0 Å². The van der Waals surface area contributed by atoms with Crippen LogP contribution < -0.4 is 20.4 Å². The molecule has 7 nitrogen and oxygen atoms in total. The summed E-state index contributed by atoms with van der Waals surface area (Å²) in [7, 11) is 1.26. The molecule has 4 aromatic rings. The number of ketones is 1. The van der Waals surface area contributed by atoms with Crippen molar-refractivity contribution in [2.75, 3.05) is 7.11 Å². The van der Waals surface area contributed by atoms with Gasteiger partial charge >= 0.3 is 27.7 Å². The van der Waals surface area contributed by atoms with E-state index in [1.807, 2.05) is 24.3 Å². The largest absolute Gasteiger partial charge is 4.00 e. The van der Waals surface area contributed by atoms with Gasteiger partial charge in [-0.15, -0.1) is 23.0 Å². The number of benzene rings is 4. The number of ether oxygens (including phenoxy) is 1. The Bertz CT molecular complexity index is 912. The molecule has 0 aromatic heterocycles. The molecule has 0 aliphatic rings. The summed E-state index contributed by atoms with van der Waals surface area (Å²) in [5, 5.41) is 41.1. The summed E-state index contributed by atoms with van der Waals surface area (Å²) in [4.78, 5) is 20.3. The summed E-state index contributed by atoms with van der Waals surface area (Å²) in [6.07, 6.45) is -0.115. The van der Waals surface area contributed by atoms with Crippen molar-refractivity contribution in [3.63, 3.8) is 0 Å². The molecule has 0 fully saturated rings. The molecule has 0 bridgehead atoms. The average Bonchev–Trinajstić information content (AvgIpc) is 2.87. The van der Waals surface area contributed by atoms with Crippen LogP contribution in [-0.2, 0) is 36.0 Å². The number of hydrogen-bond donors (Lipinski definition) is 0. The van der Waals surface area contributed by atoms with E-state index >= 15 is 0 Å². The first-order chi connectivity index (χ1) is 17.2. The van der Waals surface area contributed by atoms with Crippen LogP contribution in [0.25, 0.3) is 0 Å². The Labute approximate surface area is 232 Å². The van der Waals surface area contributed by atoms with E-state index in [0.717, 1.165) is 0 Å². The number of hydrogen-bond acceptors (Lipinski definition) is 7. The fraction of sp³-hybridized carbons (Fsp3) is 0.103. The van der Waals surface area contributed by atoms with Crippen LogP contribution in [0.4, 0.5) is 0 Å². The number of carbonyl (C=O) groups excluding carboxylic acids is 2. The summed E-state index contributed by atoms with van der Waals surface area (Å²) >= 11 is 0. The van der Waals surface area contributed by atoms with Crippen LogP contribution in [0.15, 0.2) is 121 Å². The van der Waals surface area contributed by atoms with Crippen LogP contribution >= 0.6 is 0 Å². The first-order valence-electron chi connectivity index (χ1n) is 10.7. The van der Waals surface area contributed by atoms with Crippen molar-refractivity contribution in [1.82, 2.24) is 0 Å². The van der Waals surface area contributed by atoms with E-state index in [-0.39, 0.29) is 56.9 Å². The molecule has 0 aliphatic heterocycles. The molecule has 0 atom stereocenters. The first-order valence-corrected chi connectivity index (χ1v) is 10.7. The summed E-state index contributed by atoms with van der Waals surface area (Å²) in [6, 6.07) is 33.3. The second-order valence-electron chi connectivity index (χ2n) is 6.71. The number of methoxy groups -OCH3 is 1. The Morgan fingerprint density at radius 2 is 0.757 bits per heavy atom. The van der Waals surface area contributed by atoms with Gasteiger partial charge in [0.2, 0.25) is 0 Å². The minimum Gasteiger partial charge on any atom is -0.872 e. The maximum absolute atomic E-state index is 10.3. The predicted molar refractivity (Wildman–Crippen MR) is 131 cm³/mol. The van der Waals surface area contributed by atoms with Crippen molar-refractivity contribution in [1.29, 1.82) is 0 Å². The molecule has 0 heterocycles. The van der Waals surface area contributed by atoms with Gasteiger partial charge in [-0.05, 0) is 6.92 Å². The van der Waals surface area contributed by atoms with Crippen molar-refractivity contribution in [2.45, 2.75) is 13.3 Å². The van der Waals surface area contributed by atoms with Gasteiger partial charge < -0.3 is 25.2 Å². The molecule has 0 amide bonds. The number of carbonyl (C=O) groups is 2. The smallest absolute Gasteiger partial charge is 0.872 e. The van der Waals surface area contributed by atoms with Gasteiger partial charge in [0.25, 0.3) is 0 Å². The van der Waals surface area contributed by atoms with Crippen LogP contribution in [-0.4, -0.2) is 18.9 Å². The van der Waals surface area contributed by atoms with Gasteiger partial charge in [-0.2, -0.15) is 0 Å². The second-order valence-corrected chi connectivity index (χ2v) is 6.71. The second kappa shape index (κ2) is 23.7. The molecule has 0 spiro atoms. The fourth-order valence-electron chi connectivity index (χ4n) is 1.96. The normalized spacial score (nSPS) is 8.27. The molecule has 0 saturated heterocycles. The maximum atomic E-state index is 10.3. The summed E-state index contributed by atoms with van der Waals surface area (Å²) in [5.74, 6) is -0.357. The molecule has 37 heavy (non-hydrogen) atoms. The van der Waals surface area contributed by atoms with E-state index in [0.29, 0.717) is 0 Å². The van der Waals surface area contributed by atoms with E-state index < -0.39 is 5.97 Å². The van der Waals surface area contributed by atoms with Crippen molar-refractivity contribution in [2.24, 2.45) is 0 Å². The van der Waals surface area contributed by atoms with E-state index in [9.17, 15) is 30.0 Å². The summed E-state index contributed by atoms with van der Waals surface area (Å²) in [5.41, 5.74) is 0. The molecular formula is C29H28O7Ti. The predicted octanol–water partition coefficient (Wildman–Crippen LogP) is 3.18. The minimum atomic E-state index is -0.475. The molecule has 4 aromatic carbocycles. The van der Waals surface area contributed by atoms with E-state index in [1.54, 1.807) is 48.5 Å². The third-order valence-electron chi connectivity index (χ3n) is 3.59. The third-order valence-corrected chi connectivity index (χ3v) is 3.59. The molecule has 8 heteroatoms. The van der Waals surface area contributed by atoms with Crippen LogP contribution in [0.3, 0.4) is 0 Å². The zero-order chi connectivity index (χ0) is 27.0. The summed E-state index contributed by atoms with van der Waals surface area (Å²) < 4.78 is 4.20. The van der Waals surface area contributed by atoms with Gasteiger partial charge in [-0.1, -0.05) is 121 Å². The van der Waals surface area contributed by atoms with Crippen LogP contribution in [0.2, 0.25) is 0 Å². The SMILES string of the molecule is COC(=O)CC(C)=O.[O-]c1ccccc1.[O-]c1ccccc1.[O-]c1ccccc1.[O-]c1ccccc1.[Ti+4]. The number of rotatable bonds is 2. The van der Waals surface area contributed by atoms with Gasteiger partial charge in [0.05, 0.1) is 7.11 Å². The van der Waals surface area contributed by atoms with E-state index in [2.05, 4.69) is 4.74 Å². The molecule has 4 rings (SSSR count). The average molecular weight is 536 g/mol. The molecule has 0 saturated carbocycles.